The lowest BCUT2D eigenvalue weighted by Gasteiger charge is -2.37. The zero-order chi connectivity index (χ0) is 25.9. The molecule has 1 aliphatic heterocycles. The number of aryl methyl sites for hydroxylation is 1. The predicted molar refractivity (Wildman–Crippen MR) is 145 cm³/mol. The molecule has 3 aromatic carbocycles. The molecule has 0 radical (unpaired) electrons. The van der Waals surface area contributed by atoms with Crippen LogP contribution in [0, 0.1) is 13.8 Å². The van der Waals surface area contributed by atoms with Crippen LogP contribution in [0.2, 0.25) is 10.0 Å². The fraction of sp³-hybridized carbons (Fsp3) is 0.296. The number of hydrogen-bond acceptors (Lipinski definition) is 4. The smallest absolute Gasteiger partial charge is 0.243 e. The first kappa shape index (κ1) is 26.5. The number of carbonyl (C=O) groups is 1. The van der Waals surface area contributed by atoms with Gasteiger partial charge in [-0.2, -0.15) is 4.31 Å². The van der Waals surface area contributed by atoms with Crippen LogP contribution in [0.4, 0.5) is 5.69 Å². The Balaban J connectivity index is 1.52. The second-order valence-corrected chi connectivity index (χ2v) is 11.7. The maximum Gasteiger partial charge on any atom is 0.243 e. The van der Waals surface area contributed by atoms with Gasteiger partial charge in [0.25, 0.3) is 0 Å². The molecule has 0 spiro atoms. The van der Waals surface area contributed by atoms with Crippen molar-refractivity contribution in [2.75, 3.05) is 37.6 Å². The molecule has 3 aromatic rings. The number of carbonyl (C=O) groups excluding carboxylic acids is 1. The molecule has 0 bridgehead atoms. The zero-order valence-electron chi connectivity index (χ0n) is 20.3. The van der Waals surface area contributed by atoms with Gasteiger partial charge in [-0.15, -0.1) is 0 Å². The van der Waals surface area contributed by atoms with Gasteiger partial charge in [0.1, 0.15) is 0 Å². The van der Waals surface area contributed by atoms with Crippen molar-refractivity contribution in [2.45, 2.75) is 25.3 Å². The van der Waals surface area contributed by atoms with Crippen molar-refractivity contribution in [3.05, 3.63) is 93.5 Å². The molecular formula is C27H29Cl2N3O3S. The number of nitrogens with zero attached hydrogens (tertiary/aromatic N) is 3. The molecule has 4 rings (SSSR count). The number of halogens is 2. The van der Waals surface area contributed by atoms with Gasteiger partial charge in [0.15, 0.2) is 0 Å². The first-order chi connectivity index (χ1) is 17.2. The molecule has 1 heterocycles. The van der Waals surface area contributed by atoms with Gasteiger partial charge in [0.2, 0.25) is 15.9 Å². The second-order valence-electron chi connectivity index (χ2n) is 8.91. The maximum absolute atomic E-state index is 13.5. The second kappa shape index (κ2) is 11.2. The molecule has 1 fully saturated rings. The summed E-state index contributed by atoms with van der Waals surface area (Å²) in [6.45, 7) is 6.32. The van der Waals surface area contributed by atoms with Crippen LogP contribution < -0.4 is 4.90 Å². The average Bonchev–Trinajstić information content (AvgIpc) is 2.87. The molecule has 36 heavy (non-hydrogen) atoms. The lowest BCUT2D eigenvalue weighted by Crippen LogP contribution is -2.52. The summed E-state index contributed by atoms with van der Waals surface area (Å²) in [5.41, 5.74) is 4.27. The number of sulfonamides is 1. The summed E-state index contributed by atoms with van der Waals surface area (Å²) >= 11 is 12.3. The van der Waals surface area contributed by atoms with Crippen LogP contribution in [0.25, 0.3) is 0 Å². The molecule has 6 nitrogen and oxygen atoms in total. The van der Waals surface area contributed by atoms with Crippen molar-refractivity contribution < 1.29 is 13.2 Å². The molecular weight excluding hydrogens is 517 g/mol. The number of anilines is 1. The summed E-state index contributed by atoms with van der Waals surface area (Å²) in [5.74, 6) is -0.236. The highest BCUT2D eigenvalue weighted by atomic mass is 35.5. The number of piperazine rings is 1. The lowest BCUT2D eigenvalue weighted by molar-refractivity contribution is -0.131. The summed E-state index contributed by atoms with van der Waals surface area (Å²) in [6.07, 6.45) is 0. The maximum atomic E-state index is 13.5. The highest BCUT2D eigenvalue weighted by Crippen LogP contribution is 2.26. The van der Waals surface area contributed by atoms with E-state index in [0.717, 1.165) is 0 Å². The third-order valence-corrected chi connectivity index (χ3v) is 9.04. The summed E-state index contributed by atoms with van der Waals surface area (Å²) in [5, 5.41) is 0.882. The summed E-state index contributed by atoms with van der Waals surface area (Å²) in [6, 6.07) is 19.2. The van der Waals surface area contributed by atoms with Gasteiger partial charge >= 0.3 is 0 Å². The van der Waals surface area contributed by atoms with E-state index in [4.69, 9.17) is 23.2 Å². The van der Waals surface area contributed by atoms with Crippen molar-refractivity contribution in [3.63, 3.8) is 0 Å². The number of benzene rings is 3. The third-order valence-electron chi connectivity index (χ3n) is 6.62. The summed E-state index contributed by atoms with van der Waals surface area (Å²) < 4.78 is 28.3. The Morgan fingerprint density at radius 1 is 0.889 bits per heavy atom. The number of amides is 1. The van der Waals surface area contributed by atoms with Crippen molar-refractivity contribution in [1.29, 1.82) is 0 Å². The van der Waals surface area contributed by atoms with Crippen molar-refractivity contribution >= 4 is 44.8 Å². The first-order valence-corrected chi connectivity index (χ1v) is 13.9. The highest BCUT2D eigenvalue weighted by molar-refractivity contribution is 7.89. The monoisotopic (exact) mass is 545 g/mol. The molecule has 1 saturated heterocycles. The fourth-order valence-corrected chi connectivity index (χ4v) is 6.01. The molecule has 9 heteroatoms. The van der Waals surface area contributed by atoms with Gasteiger partial charge in [0, 0.05) is 48.5 Å². The molecule has 190 valence electrons. The Labute approximate surface area is 223 Å². The Bertz CT molecular complexity index is 1340. The van der Waals surface area contributed by atoms with E-state index in [1.54, 1.807) is 29.2 Å². The highest BCUT2D eigenvalue weighted by Gasteiger charge is 2.30. The lowest BCUT2D eigenvalue weighted by atomic mass is 10.1. The average molecular weight is 547 g/mol. The van der Waals surface area contributed by atoms with E-state index in [1.807, 2.05) is 6.07 Å². The van der Waals surface area contributed by atoms with Crippen molar-refractivity contribution in [1.82, 2.24) is 9.21 Å². The number of hydrogen-bond donors (Lipinski definition) is 0. The minimum Gasteiger partial charge on any atom is -0.368 e. The van der Waals surface area contributed by atoms with Gasteiger partial charge in [0.05, 0.1) is 11.4 Å². The van der Waals surface area contributed by atoms with Crippen molar-refractivity contribution in [3.8, 4) is 0 Å². The van der Waals surface area contributed by atoms with E-state index in [2.05, 4.69) is 30.9 Å². The van der Waals surface area contributed by atoms with Gasteiger partial charge in [-0.1, -0.05) is 53.5 Å². The van der Waals surface area contributed by atoms with Crippen LogP contribution in [-0.4, -0.2) is 56.3 Å². The topological polar surface area (TPSA) is 60.9 Å². The Morgan fingerprint density at radius 2 is 1.56 bits per heavy atom. The van der Waals surface area contributed by atoms with E-state index in [1.165, 1.54) is 45.4 Å². The van der Waals surface area contributed by atoms with Crippen LogP contribution in [0.15, 0.2) is 71.6 Å². The summed E-state index contributed by atoms with van der Waals surface area (Å²) in [7, 11) is -3.97. The van der Waals surface area contributed by atoms with Gasteiger partial charge in [-0.05, 0) is 66.9 Å². The van der Waals surface area contributed by atoms with E-state index >= 15 is 0 Å². The molecule has 1 amide bonds. The standard InChI is InChI=1S/C27H29Cl2N3O3S/c1-20-6-5-9-26(21(20)2)30-14-16-31(17-15-30)27(33)19-32(18-22-7-3-4-8-25(22)29)36(34,35)24-12-10-23(28)11-13-24/h3-13H,14-19H2,1-2H3. The Hall–Kier alpha value is -2.58. The Kier molecular flexibility index (Phi) is 8.25. The van der Waals surface area contributed by atoms with Crippen LogP contribution in [-0.2, 0) is 21.4 Å². The fourth-order valence-electron chi connectivity index (χ4n) is 4.32. The first-order valence-electron chi connectivity index (χ1n) is 11.7. The molecule has 0 N–H and O–H groups in total. The molecule has 0 unspecified atom stereocenters. The normalized spacial score (nSPS) is 14.4. The minimum atomic E-state index is -3.97. The van der Waals surface area contributed by atoms with Crippen LogP contribution in [0.3, 0.4) is 0 Å². The molecule has 0 atom stereocenters. The zero-order valence-corrected chi connectivity index (χ0v) is 22.7. The summed E-state index contributed by atoms with van der Waals surface area (Å²) in [4.78, 5) is 17.4. The molecule has 1 aliphatic rings. The number of rotatable bonds is 7. The van der Waals surface area contributed by atoms with Crippen molar-refractivity contribution in [2.24, 2.45) is 0 Å². The van der Waals surface area contributed by atoms with E-state index in [-0.39, 0.29) is 23.9 Å². The third kappa shape index (κ3) is 5.86. The molecule has 0 aromatic heterocycles. The minimum absolute atomic E-state index is 0.0151. The SMILES string of the molecule is Cc1cccc(N2CCN(C(=O)CN(Cc3ccccc3Cl)S(=O)(=O)c3ccc(Cl)cc3)CC2)c1C. The Morgan fingerprint density at radius 3 is 2.22 bits per heavy atom. The van der Waals surface area contributed by atoms with E-state index in [9.17, 15) is 13.2 Å². The van der Waals surface area contributed by atoms with Gasteiger partial charge < -0.3 is 9.80 Å². The van der Waals surface area contributed by atoms with Crippen LogP contribution >= 0.6 is 23.2 Å². The van der Waals surface area contributed by atoms with Gasteiger partial charge in [-0.3, -0.25) is 4.79 Å². The predicted octanol–water partition coefficient (Wildman–Crippen LogP) is 5.15. The van der Waals surface area contributed by atoms with Crippen LogP contribution in [0.1, 0.15) is 16.7 Å². The van der Waals surface area contributed by atoms with Gasteiger partial charge in [-0.25, -0.2) is 8.42 Å². The largest absolute Gasteiger partial charge is 0.368 e. The molecule has 0 saturated carbocycles. The molecule has 0 aliphatic carbocycles. The van der Waals surface area contributed by atoms with E-state index in [0.29, 0.717) is 41.8 Å². The van der Waals surface area contributed by atoms with Crippen LogP contribution in [0.5, 0.6) is 0 Å². The van der Waals surface area contributed by atoms with E-state index < -0.39 is 10.0 Å². The quantitative estimate of drug-likeness (QED) is 0.412.